The lowest BCUT2D eigenvalue weighted by molar-refractivity contribution is -0.141. The van der Waals surface area contributed by atoms with Crippen LogP contribution in [0, 0.1) is 11.3 Å². The Bertz CT molecular complexity index is 657. The number of aromatic nitrogens is 1. The van der Waals surface area contributed by atoms with Gasteiger partial charge in [0.15, 0.2) is 0 Å². The van der Waals surface area contributed by atoms with Gasteiger partial charge in [-0.1, -0.05) is 12.1 Å². The summed E-state index contributed by atoms with van der Waals surface area (Å²) in [6.07, 6.45) is -3.29. The fraction of sp³-hybridized carbons (Fsp3) is 0.200. The van der Waals surface area contributed by atoms with E-state index in [4.69, 9.17) is 5.26 Å². The molecule has 0 saturated carbocycles. The molecule has 0 amide bonds. The number of hydrogen-bond donors (Lipinski definition) is 1. The molecule has 1 atom stereocenters. The lowest BCUT2D eigenvalue weighted by atomic mass is 10.1. The summed E-state index contributed by atoms with van der Waals surface area (Å²) in [6.45, 7) is 1.86. The van der Waals surface area contributed by atoms with Crippen LogP contribution in [0.2, 0.25) is 0 Å². The molecule has 1 aromatic carbocycles. The zero-order valence-corrected chi connectivity index (χ0v) is 11.1. The Balaban J connectivity index is 2.12. The van der Waals surface area contributed by atoms with E-state index in [9.17, 15) is 13.2 Å². The average molecular weight is 291 g/mol. The highest BCUT2D eigenvalue weighted by molar-refractivity contribution is 5.45. The Hall–Kier alpha value is -2.55. The van der Waals surface area contributed by atoms with Crippen LogP contribution in [0.15, 0.2) is 42.6 Å². The number of benzene rings is 1. The first kappa shape index (κ1) is 14.9. The van der Waals surface area contributed by atoms with Gasteiger partial charge in [-0.3, -0.25) is 0 Å². The number of halogens is 3. The normalized spacial score (nSPS) is 12.5. The number of alkyl halides is 3. The van der Waals surface area contributed by atoms with E-state index in [0.717, 1.165) is 17.8 Å². The van der Waals surface area contributed by atoms with E-state index in [1.807, 2.05) is 19.1 Å². The van der Waals surface area contributed by atoms with E-state index >= 15 is 0 Å². The zero-order chi connectivity index (χ0) is 15.5. The first-order valence-electron chi connectivity index (χ1n) is 6.20. The fourth-order valence-electron chi connectivity index (χ4n) is 1.86. The van der Waals surface area contributed by atoms with Crippen molar-refractivity contribution in [3.8, 4) is 6.07 Å². The van der Waals surface area contributed by atoms with Gasteiger partial charge >= 0.3 is 6.18 Å². The van der Waals surface area contributed by atoms with E-state index in [1.165, 1.54) is 6.07 Å². The van der Waals surface area contributed by atoms with Crippen molar-refractivity contribution in [2.45, 2.75) is 19.1 Å². The molecule has 0 saturated heterocycles. The molecule has 21 heavy (non-hydrogen) atoms. The van der Waals surface area contributed by atoms with Crippen LogP contribution in [-0.4, -0.2) is 4.98 Å². The molecule has 0 radical (unpaired) electrons. The van der Waals surface area contributed by atoms with Crippen molar-refractivity contribution >= 4 is 5.69 Å². The fourth-order valence-corrected chi connectivity index (χ4v) is 1.86. The second kappa shape index (κ2) is 5.83. The third kappa shape index (κ3) is 3.72. The van der Waals surface area contributed by atoms with Crippen LogP contribution in [0.1, 0.15) is 29.8 Å². The lowest BCUT2D eigenvalue weighted by Gasteiger charge is -2.16. The molecule has 3 nitrogen and oxygen atoms in total. The monoisotopic (exact) mass is 291 g/mol. The zero-order valence-electron chi connectivity index (χ0n) is 11.1. The summed E-state index contributed by atoms with van der Waals surface area (Å²) in [5, 5.41) is 11.9. The highest BCUT2D eigenvalue weighted by Gasteiger charge is 2.32. The van der Waals surface area contributed by atoms with Crippen LogP contribution in [0.5, 0.6) is 0 Å². The molecule has 0 aliphatic heterocycles. The van der Waals surface area contributed by atoms with Gasteiger partial charge < -0.3 is 5.32 Å². The van der Waals surface area contributed by atoms with Gasteiger partial charge in [0, 0.05) is 6.04 Å². The van der Waals surface area contributed by atoms with Crippen LogP contribution in [0.3, 0.4) is 0 Å². The SMILES string of the molecule is CC(Nc1ccc(C(F)(F)F)nc1)c1cccc(C#N)c1. The molecule has 1 unspecified atom stereocenters. The number of nitrogens with zero attached hydrogens (tertiary/aromatic N) is 2. The van der Waals surface area contributed by atoms with Crippen molar-refractivity contribution in [1.82, 2.24) is 4.98 Å². The molecule has 1 aromatic heterocycles. The van der Waals surface area contributed by atoms with E-state index in [-0.39, 0.29) is 6.04 Å². The summed E-state index contributed by atoms with van der Waals surface area (Å²) in [4.78, 5) is 3.39. The van der Waals surface area contributed by atoms with Crippen molar-refractivity contribution < 1.29 is 13.2 Å². The van der Waals surface area contributed by atoms with Crippen molar-refractivity contribution in [3.63, 3.8) is 0 Å². The summed E-state index contributed by atoms with van der Waals surface area (Å²) in [6, 6.07) is 11.2. The quantitative estimate of drug-likeness (QED) is 0.924. The number of anilines is 1. The van der Waals surface area contributed by atoms with Crippen molar-refractivity contribution in [2.75, 3.05) is 5.32 Å². The minimum atomic E-state index is -4.44. The first-order chi connectivity index (χ1) is 9.90. The van der Waals surface area contributed by atoms with Crippen LogP contribution in [0.25, 0.3) is 0 Å². The van der Waals surface area contributed by atoms with Crippen LogP contribution in [-0.2, 0) is 6.18 Å². The third-order valence-electron chi connectivity index (χ3n) is 2.95. The van der Waals surface area contributed by atoms with Gasteiger partial charge in [-0.15, -0.1) is 0 Å². The molecule has 0 bridgehead atoms. The summed E-state index contributed by atoms with van der Waals surface area (Å²) in [5.74, 6) is 0. The molecule has 0 fully saturated rings. The summed E-state index contributed by atoms with van der Waals surface area (Å²) in [7, 11) is 0. The molecule has 1 heterocycles. The Morgan fingerprint density at radius 1 is 1.24 bits per heavy atom. The molecule has 0 aliphatic rings. The van der Waals surface area contributed by atoms with Gasteiger partial charge in [-0.05, 0) is 36.8 Å². The van der Waals surface area contributed by atoms with Crippen molar-refractivity contribution in [2.24, 2.45) is 0 Å². The lowest BCUT2D eigenvalue weighted by Crippen LogP contribution is -2.10. The molecule has 0 aliphatic carbocycles. The van der Waals surface area contributed by atoms with Gasteiger partial charge in [0.05, 0.1) is 23.5 Å². The number of nitrogens with one attached hydrogen (secondary N) is 1. The smallest absolute Gasteiger partial charge is 0.377 e. The maximum atomic E-state index is 12.4. The predicted molar refractivity (Wildman–Crippen MR) is 72.4 cm³/mol. The molecule has 2 rings (SSSR count). The molecule has 6 heteroatoms. The Labute approximate surface area is 120 Å². The van der Waals surface area contributed by atoms with Crippen LogP contribution in [0.4, 0.5) is 18.9 Å². The van der Waals surface area contributed by atoms with E-state index in [1.54, 1.807) is 18.2 Å². The largest absolute Gasteiger partial charge is 0.433 e. The summed E-state index contributed by atoms with van der Waals surface area (Å²) < 4.78 is 37.3. The topological polar surface area (TPSA) is 48.7 Å². The number of hydrogen-bond acceptors (Lipinski definition) is 3. The van der Waals surface area contributed by atoms with Gasteiger partial charge in [-0.2, -0.15) is 18.4 Å². The highest BCUT2D eigenvalue weighted by Crippen LogP contribution is 2.28. The number of nitriles is 1. The van der Waals surface area contributed by atoms with E-state index in [0.29, 0.717) is 11.3 Å². The summed E-state index contributed by atoms with van der Waals surface area (Å²) >= 11 is 0. The Kier molecular flexibility index (Phi) is 4.13. The molecule has 0 spiro atoms. The van der Waals surface area contributed by atoms with E-state index in [2.05, 4.69) is 10.3 Å². The van der Waals surface area contributed by atoms with Gasteiger partial charge in [0.2, 0.25) is 0 Å². The van der Waals surface area contributed by atoms with Crippen molar-refractivity contribution in [1.29, 1.82) is 5.26 Å². The highest BCUT2D eigenvalue weighted by atomic mass is 19.4. The number of rotatable bonds is 3. The number of pyridine rings is 1. The van der Waals surface area contributed by atoms with Crippen molar-refractivity contribution in [3.05, 3.63) is 59.4 Å². The van der Waals surface area contributed by atoms with Gasteiger partial charge in [-0.25, -0.2) is 4.98 Å². The molecule has 2 aromatic rings. The van der Waals surface area contributed by atoms with Gasteiger partial charge in [0.1, 0.15) is 5.69 Å². The maximum absolute atomic E-state index is 12.4. The molecular weight excluding hydrogens is 279 g/mol. The Morgan fingerprint density at radius 3 is 2.57 bits per heavy atom. The second-order valence-corrected chi connectivity index (χ2v) is 4.53. The second-order valence-electron chi connectivity index (χ2n) is 4.53. The molecule has 108 valence electrons. The van der Waals surface area contributed by atoms with E-state index < -0.39 is 11.9 Å². The maximum Gasteiger partial charge on any atom is 0.433 e. The van der Waals surface area contributed by atoms with Gasteiger partial charge in [0.25, 0.3) is 0 Å². The first-order valence-corrected chi connectivity index (χ1v) is 6.20. The minimum absolute atomic E-state index is 0.156. The predicted octanol–water partition coefficient (Wildman–Crippen LogP) is 4.15. The standard InChI is InChI=1S/C15H12F3N3/c1-10(12-4-2-3-11(7-12)8-19)21-13-5-6-14(20-9-13)15(16,17)18/h2-7,9-10,21H,1H3. The van der Waals surface area contributed by atoms with Crippen LogP contribution >= 0.6 is 0 Å². The molecule has 1 N–H and O–H groups in total. The Morgan fingerprint density at radius 2 is 2.00 bits per heavy atom. The van der Waals surface area contributed by atoms with Crippen LogP contribution < -0.4 is 5.32 Å². The minimum Gasteiger partial charge on any atom is -0.377 e. The molecular formula is C15H12F3N3. The average Bonchev–Trinajstić information content (AvgIpc) is 2.47. The third-order valence-corrected chi connectivity index (χ3v) is 2.95. The summed E-state index contributed by atoms with van der Waals surface area (Å²) in [5.41, 5.74) is 0.964.